The van der Waals surface area contributed by atoms with Gasteiger partial charge in [0.05, 0.1) is 6.54 Å². The van der Waals surface area contributed by atoms with E-state index in [9.17, 15) is 9.59 Å². The number of hydrogen-bond donors (Lipinski definition) is 2. The second-order valence-corrected chi connectivity index (χ2v) is 11.0. The summed E-state index contributed by atoms with van der Waals surface area (Å²) in [6, 6.07) is 21.8. The van der Waals surface area contributed by atoms with Gasteiger partial charge in [0.1, 0.15) is 0 Å². The van der Waals surface area contributed by atoms with Gasteiger partial charge < -0.3 is 10.4 Å². The van der Waals surface area contributed by atoms with Crippen LogP contribution in [0.2, 0.25) is 0 Å². The number of carbonyl (C=O) groups excluding carboxylic acids is 1. The number of hydroxylamine groups is 2. The van der Waals surface area contributed by atoms with Gasteiger partial charge in [-0.15, -0.1) is 0 Å². The van der Waals surface area contributed by atoms with Crippen molar-refractivity contribution in [3.8, 4) is 0 Å². The number of nitrogens with zero attached hydrogens (tertiary/aromatic N) is 1. The Morgan fingerprint density at radius 1 is 0.946 bits per heavy atom. The van der Waals surface area contributed by atoms with E-state index in [4.69, 9.17) is 9.94 Å². The average molecular weight is 679 g/mol. The number of carboxylic acid groups (broad SMARTS) is 1. The van der Waals surface area contributed by atoms with Crippen LogP contribution >= 0.6 is 38.5 Å². The highest BCUT2D eigenvalue weighted by atomic mass is 127. The zero-order chi connectivity index (χ0) is 26.6. The van der Waals surface area contributed by atoms with Gasteiger partial charge in [0, 0.05) is 26.7 Å². The predicted molar refractivity (Wildman–Crippen MR) is 157 cm³/mol. The lowest BCUT2D eigenvalue weighted by Gasteiger charge is -2.22. The Balaban J connectivity index is 1.59. The van der Waals surface area contributed by atoms with Crippen molar-refractivity contribution < 1.29 is 19.5 Å². The molecule has 2 N–H and O–H groups in total. The van der Waals surface area contributed by atoms with Crippen molar-refractivity contribution in [1.29, 1.82) is 0 Å². The van der Waals surface area contributed by atoms with Crippen LogP contribution in [-0.4, -0.2) is 28.7 Å². The van der Waals surface area contributed by atoms with Crippen molar-refractivity contribution in [3.63, 3.8) is 0 Å². The molecule has 6 nitrogen and oxygen atoms in total. The molecule has 0 spiro atoms. The molecule has 1 amide bonds. The number of rotatable bonds is 14. The molecule has 0 fully saturated rings. The zero-order valence-corrected chi connectivity index (χ0v) is 24.6. The summed E-state index contributed by atoms with van der Waals surface area (Å²) < 4.78 is 1.87. The fourth-order valence-corrected chi connectivity index (χ4v) is 4.64. The lowest BCUT2D eigenvalue weighted by molar-refractivity contribution is -0.190. The second-order valence-electron chi connectivity index (χ2n) is 8.85. The number of hydrogen-bond acceptors (Lipinski definition) is 4. The SMILES string of the molecule is CCCCCc1ccc(CNC(=O)c2ccc(CN(Cc3ccc(I)cc3)OCC(=O)O)c(Br)c2)cc1. The van der Waals surface area contributed by atoms with Crippen LogP contribution in [0, 0.1) is 3.57 Å². The second kappa shape index (κ2) is 15.2. The molecule has 0 aliphatic heterocycles. The number of aryl methyl sites for hydroxylation is 1. The van der Waals surface area contributed by atoms with Crippen molar-refractivity contribution in [2.24, 2.45) is 0 Å². The molecule has 0 atom stereocenters. The van der Waals surface area contributed by atoms with Gasteiger partial charge in [0.15, 0.2) is 6.61 Å². The summed E-state index contributed by atoms with van der Waals surface area (Å²) in [6.07, 6.45) is 4.74. The van der Waals surface area contributed by atoms with Gasteiger partial charge in [-0.1, -0.05) is 78.2 Å². The first-order valence-corrected chi connectivity index (χ1v) is 14.2. The van der Waals surface area contributed by atoms with Crippen LogP contribution in [0.25, 0.3) is 0 Å². The van der Waals surface area contributed by atoms with Gasteiger partial charge in [-0.3, -0.25) is 9.63 Å². The molecular formula is C29H32BrIN2O4. The maximum Gasteiger partial charge on any atom is 0.331 e. The number of unbranched alkanes of at least 4 members (excludes halogenated alkanes) is 2. The van der Waals surface area contributed by atoms with Gasteiger partial charge in [-0.2, -0.15) is 5.06 Å². The van der Waals surface area contributed by atoms with Crippen molar-refractivity contribution in [1.82, 2.24) is 10.4 Å². The minimum absolute atomic E-state index is 0.155. The third-order valence-electron chi connectivity index (χ3n) is 5.85. The quantitative estimate of drug-likeness (QED) is 0.112. The van der Waals surface area contributed by atoms with E-state index in [1.54, 1.807) is 17.2 Å². The van der Waals surface area contributed by atoms with Gasteiger partial charge in [-0.05, 0) is 82.0 Å². The van der Waals surface area contributed by atoms with Crippen molar-refractivity contribution in [2.75, 3.05) is 6.61 Å². The number of carboxylic acids is 1. The number of benzene rings is 3. The molecule has 0 heterocycles. The van der Waals surface area contributed by atoms with Crippen LogP contribution in [0.15, 0.2) is 71.2 Å². The van der Waals surface area contributed by atoms with Crippen molar-refractivity contribution in [3.05, 3.63) is 103 Å². The van der Waals surface area contributed by atoms with Crippen LogP contribution < -0.4 is 5.32 Å². The van der Waals surface area contributed by atoms with Crippen LogP contribution in [0.4, 0.5) is 0 Å². The van der Waals surface area contributed by atoms with E-state index in [1.165, 1.54) is 24.8 Å². The van der Waals surface area contributed by atoms with Gasteiger partial charge in [-0.25, -0.2) is 4.79 Å². The molecule has 8 heteroatoms. The first-order chi connectivity index (χ1) is 17.8. The Morgan fingerprint density at radius 3 is 2.27 bits per heavy atom. The van der Waals surface area contributed by atoms with E-state index in [2.05, 4.69) is 75.0 Å². The van der Waals surface area contributed by atoms with Crippen molar-refractivity contribution >= 4 is 50.4 Å². The molecule has 37 heavy (non-hydrogen) atoms. The van der Waals surface area contributed by atoms with Gasteiger partial charge >= 0.3 is 5.97 Å². The number of aliphatic carboxylic acids is 1. The maximum atomic E-state index is 12.8. The fraction of sp³-hybridized carbons (Fsp3) is 0.310. The summed E-state index contributed by atoms with van der Waals surface area (Å²) in [5.41, 5.74) is 4.82. The van der Waals surface area contributed by atoms with E-state index >= 15 is 0 Å². The molecule has 0 unspecified atom stereocenters. The predicted octanol–water partition coefficient (Wildman–Crippen LogP) is 6.73. The normalized spacial score (nSPS) is 11.0. The average Bonchev–Trinajstić information content (AvgIpc) is 2.89. The van der Waals surface area contributed by atoms with Gasteiger partial charge in [0.25, 0.3) is 5.91 Å². The minimum Gasteiger partial charge on any atom is -0.479 e. The van der Waals surface area contributed by atoms with E-state index < -0.39 is 12.6 Å². The van der Waals surface area contributed by atoms with E-state index in [0.29, 0.717) is 25.2 Å². The number of nitrogens with one attached hydrogen (secondary N) is 1. The molecule has 0 radical (unpaired) electrons. The summed E-state index contributed by atoms with van der Waals surface area (Å²) in [6.45, 7) is 3.01. The summed E-state index contributed by atoms with van der Waals surface area (Å²) in [4.78, 5) is 29.4. The molecule has 0 aliphatic rings. The highest BCUT2D eigenvalue weighted by Gasteiger charge is 2.14. The topological polar surface area (TPSA) is 78.9 Å². The van der Waals surface area contributed by atoms with E-state index in [-0.39, 0.29) is 5.91 Å². The standard InChI is InChI=1S/C29H32BrIN2O4/c1-2-3-4-5-21-6-8-22(9-7-21)17-32-29(36)24-12-13-25(27(30)16-24)19-33(37-20-28(34)35)18-23-10-14-26(31)15-11-23/h6-16H,2-5,17-20H2,1H3,(H,32,36)(H,34,35). The summed E-state index contributed by atoms with van der Waals surface area (Å²) >= 11 is 5.81. The molecular weight excluding hydrogens is 647 g/mol. The lowest BCUT2D eigenvalue weighted by atomic mass is 10.1. The summed E-state index contributed by atoms with van der Waals surface area (Å²) in [7, 11) is 0. The Bertz CT molecular complexity index is 1170. The summed E-state index contributed by atoms with van der Waals surface area (Å²) in [5.74, 6) is -1.19. The molecule has 0 aromatic heterocycles. The molecule has 196 valence electrons. The molecule has 0 bridgehead atoms. The summed E-state index contributed by atoms with van der Waals surface area (Å²) in [5, 5.41) is 13.7. The third-order valence-corrected chi connectivity index (χ3v) is 7.31. The third kappa shape index (κ3) is 10.2. The Labute approximate surface area is 240 Å². The first kappa shape index (κ1) is 29.3. The van der Waals surface area contributed by atoms with Gasteiger partial charge in [0.2, 0.25) is 0 Å². The van der Waals surface area contributed by atoms with Crippen LogP contribution in [0.3, 0.4) is 0 Å². The number of amides is 1. The highest BCUT2D eigenvalue weighted by molar-refractivity contribution is 14.1. The Morgan fingerprint density at radius 2 is 1.62 bits per heavy atom. The fourth-order valence-electron chi connectivity index (χ4n) is 3.78. The van der Waals surface area contributed by atoms with Crippen molar-refractivity contribution in [2.45, 2.75) is 52.2 Å². The van der Waals surface area contributed by atoms with E-state index in [0.717, 1.165) is 31.2 Å². The lowest BCUT2D eigenvalue weighted by Crippen LogP contribution is -2.27. The number of carbonyl (C=O) groups is 2. The largest absolute Gasteiger partial charge is 0.479 e. The first-order valence-electron chi connectivity index (χ1n) is 12.3. The van der Waals surface area contributed by atoms with E-state index in [1.807, 2.05) is 30.3 Å². The Hall–Kier alpha value is -2.27. The molecule has 0 saturated heterocycles. The highest BCUT2D eigenvalue weighted by Crippen LogP contribution is 2.22. The minimum atomic E-state index is -1.04. The molecule has 3 aromatic carbocycles. The van der Waals surface area contributed by atoms with Crippen LogP contribution in [0.1, 0.15) is 58.8 Å². The zero-order valence-electron chi connectivity index (χ0n) is 20.9. The maximum absolute atomic E-state index is 12.8. The Kier molecular flexibility index (Phi) is 12.0. The monoisotopic (exact) mass is 678 g/mol. The van der Waals surface area contributed by atoms with Crippen LogP contribution in [0.5, 0.6) is 0 Å². The molecule has 3 aromatic rings. The molecule has 3 rings (SSSR count). The number of halogens is 2. The smallest absolute Gasteiger partial charge is 0.331 e. The van der Waals surface area contributed by atoms with Crippen LogP contribution in [-0.2, 0) is 35.7 Å². The molecule has 0 saturated carbocycles. The molecule has 0 aliphatic carbocycles.